The van der Waals surface area contributed by atoms with Crippen molar-refractivity contribution in [2.75, 3.05) is 0 Å². The van der Waals surface area contributed by atoms with Gasteiger partial charge in [-0.1, -0.05) is 60.7 Å². The molecular formula is C24H14N2. The summed E-state index contributed by atoms with van der Waals surface area (Å²) in [5.74, 6) is 0. The molecule has 0 aliphatic heterocycles. The van der Waals surface area contributed by atoms with Crippen LogP contribution >= 0.6 is 0 Å². The Bertz CT molecular complexity index is 1510. The van der Waals surface area contributed by atoms with E-state index in [1.165, 1.54) is 54.6 Å². The highest BCUT2D eigenvalue weighted by atomic mass is 15.0. The molecule has 2 heteroatoms. The van der Waals surface area contributed by atoms with Gasteiger partial charge in [0.25, 0.3) is 0 Å². The molecule has 0 N–H and O–H groups in total. The summed E-state index contributed by atoms with van der Waals surface area (Å²) >= 11 is 0. The van der Waals surface area contributed by atoms with Crippen molar-refractivity contribution in [3.05, 3.63) is 84.9 Å². The van der Waals surface area contributed by atoms with Gasteiger partial charge in [-0.15, -0.1) is 0 Å². The molecule has 0 amide bonds. The van der Waals surface area contributed by atoms with Crippen molar-refractivity contribution in [2.24, 2.45) is 0 Å². The number of nitrogens with zero attached hydrogens (tertiary/aromatic N) is 2. The van der Waals surface area contributed by atoms with E-state index < -0.39 is 0 Å². The highest BCUT2D eigenvalue weighted by molar-refractivity contribution is 6.25. The van der Waals surface area contributed by atoms with Crippen LogP contribution in [0.1, 0.15) is 0 Å². The Morgan fingerprint density at radius 2 is 0.731 bits per heavy atom. The minimum absolute atomic E-state index is 1.25. The lowest BCUT2D eigenvalue weighted by Gasteiger charge is -2.11. The zero-order chi connectivity index (χ0) is 16.8. The van der Waals surface area contributed by atoms with Crippen LogP contribution in [0.2, 0.25) is 0 Å². The predicted molar refractivity (Wildman–Crippen MR) is 110 cm³/mol. The number of rotatable bonds is 0. The molecule has 0 bridgehead atoms. The highest BCUT2D eigenvalue weighted by Crippen LogP contribution is 2.41. The van der Waals surface area contributed by atoms with E-state index in [4.69, 9.17) is 0 Å². The zero-order valence-corrected chi connectivity index (χ0v) is 14.0. The van der Waals surface area contributed by atoms with Gasteiger partial charge in [-0.2, -0.15) is 0 Å². The third-order valence-corrected chi connectivity index (χ3v) is 5.83. The van der Waals surface area contributed by atoms with Crippen LogP contribution in [0.3, 0.4) is 0 Å². The summed E-state index contributed by atoms with van der Waals surface area (Å²) in [4.78, 5) is 0. The molecule has 7 rings (SSSR count). The van der Waals surface area contributed by atoms with Gasteiger partial charge in [-0.25, -0.2) is 0 Å². The minimum Gasteiger partial charge on any atom is -0.305 e. The Labute approximate surface area is 148 Å². The Kier molecular flexibility index (Phi) is 2.05. The largest absolute Gasteiger partial charge is 0.305 e. The molecule has 7 aromatic rings. The number of benzene rings is 4. The van der Waals surface area contributed by atoms with Crippen LogP contribution in [0.4, 0.5) is 0 Å². The second-order valence-corrected chi connectivity index (χ2v) is 7.05. The number of aromatic nitrogens is 2. The Balaban J connectivity index is 2.04. The smallest absolute Gasteiger partial charge is 0.0789 e. The molecule has 2 nitrogen and oxygen atoms in total. The second kappa shape index (κ2) is 4.17. The lowest BCUT2D eigenvalue weighted by atomic mass is 10.1. The molecule has 0 saturated carbocycles. The Morgan fingerprint density at radius 3 is 1.19 bits per heavy atom. The summed E-state index contributed by atoms with van der Waals surface area (Å²) in [7, 11) is 0. The van der Waals surface area contributed by atoms with E-state index in [1.54, 1.807) is 0 Å². The van der Waals surface area contributed by atoms with Gasteiger partial charge in [0.05, 0.1) is 33.1 Å². The average Bonchev–Trinajstić information content (AvgIpc) is 3.22. The fourth-order valence-corrected chi connectivity index (χ4v) is 4.84. The van der Waals surface area contributed by atoms with E-state index in [-0.39, 0.29) is 0 Å². The van der Waals surface area contributed by atoms with Crippen LogP contribution in [-0.4, -0.2) is 8.80 Å². The minimum atomic E-state index is 1.25. The van der Waals surface area contributed by atoms with E-state index >= 15 is 0 Å². The van der Waals surface area contributed by atoms with Crippen molar-refractivity contribution in [2.45, 2.75) is 0 Å². The molecule has 3 heterocycles. The van der Waals surface area contributed by atoms with Gasteiger partial charge in [0.15, 0.2) is 0 Å². The molecule has 0 spiro atoms. The molecule has 0 atom stereocenters. The average molecular weight is 330 g/mol. The van der Waals surface area contributed by atoms with Gasteiger partial charge in [-0.05, 0) is 24.3 Å². The summed E-state index contributed by atoms with van der Waals surface area (Å²) in [6, 6.07) is 30.8. The van der Waals surface area contributed by atoms with Crippen molar-refractivity contribution in [3.8, 4) is 0 Å². The maximum Gasteiger partial charge on any atom is 0.0789 e. The maximum absolute atomic E-state index is 2.45. The van der Waals surface area contributed by atoms with Gasteiger partial charge in [0, 0.05) is 21.5 Å². The fraction of sp³-hybridized carbons (Fsp3) is 0. The molecule has 120 valence electrons. The molecule has 0 aliphatic carbocycles. The van der Waals surface area contributed by atoms with Crippen LogP contribution in [0.15, 0.2) is 84.9 Å². The van der Waals surface area contributed by atoms with E-state index in [2.05, 4.69) is 93.7 Å². The van der Waals surface area contributed by atoms with Crippen molar-refractivity contribution in [1.29, 1.82) is 0 Å². The van der Waals surface area contributed by atoms with Crippen LogP contribution in [0.5, 0.6) is 0 Å². The summed E-state index contributed by atoms with van der Waals surface area (Å²) in [5.41, 5.74) is 7.69. The normalized spacial score (nSPS) is 12.6. The van der Waals surface area contributed by atoms with Crippen LogP contribution in [0, 0.1) is 0 Å². The molecule has 0 fully saturated rings. The van der Waals surface area contributed by atoms with Crippen molar-refractivity contribution in [1.82, 2.24) is 8.80 Å². The van der Waals surface area contributed by atoms with E-state index in [9.17, 15) is 0 Å². The van der Waals surface area contributed by atoms with Gasteiger partial charge in [0.2, 0.25) is 0 Å². The van der Waals surface area contributed by atoms with E-state index in [1.807, 2.05) is 0 Å². The predicted octanol–water partition coefficient (Wildman–Crippen LogP) is 6.24. The Hall–Kier alpha value is -3.52. The highest BCUT2D eigenvalue weighted by Gasteiger charge is 2.20. The maximum atomic E-state index is 2.45. The quantitative estimate of drug-likeness (QED) is 0.291. The molecule has 0 aliphatic rings. The number of fused-ring (bicyclic) bond motifs is 9. The SMILES string of the molecule is c1ccc2c(c1)c1ccc3c4ccccc4n4c5ccccc5n2c1c34. The van der Waals surface area contributed by atoms with E-state index in [0.717, 1.165) is 0 Å². The fourth-order valence-electron chi connectivity index (χ4n) is 4.84. The number of hydrogen-bond donors (Lipinski definition) is 0. The third kappa shape index (κ3) is 1.26. The van der Waals surface area contributed by atoms with Crippen molar-refractivity contribution < 1.29 is 0 Å². The monoisotopic (exact) mass is 330 g/mol. The first-order valence-electron chi connectivity index (χ1n) is 8.98. The van der Waals surface area contributed by atoms with Gasteiger partial charge in [0.1, 0.15) is 0 Å². The van der Waals surface area contributed by atoms with Crippen LogP contribution < -0.4 is 0 Å². The van der Waals surface area contributed by atoms with Crippen LogP contribution in [-0.2, 0) is 0 Å². The van der Waals surface area contributed by atoms with E-state index in [0.29, 0.717) is 0 Å². The molecule has 0 radical (unpaired) electrons. The summed E-state index contributed by atoms with van der Waals surface area (Å²) in [6.45, 7) is 0. The number of para-hydroxylation sites is 4. The van der Waals surface area contributed by atoms with Gasteiger partial charge in [-0.3, -0.25) is 0 Å². The zero-order valence-electron chi connectivity index (χ0n) is 14.0. The first-order valence-corrected chi connectivity index (χ1v) is 8.98. The molecule has 0 unspecified atom stereocenters. The summed E-state index contributed by atoms with van der Waals surface area (Å²) in [5, 5.41) is 5.29. The lowest BCUT2D eigenvalue weighted by Crippen LogP contribution is -1.96. The molecule has 3 aromatic heterocycles. The van der Waals surface area contributed by atoms with Gasteiger partial charge >= 0.3 is 0 Å². The summed E-state index contributed by atoms with van der Waals surface area (Å²) in [6.07, 6.45) is 0. The van der Waals surface area contributed by atoms with Gasteiger partial charge < -0.3 is 8.80 Å². The second-order valence-electron chi connectivity index (χ2n) is 7.05. The summed E-state index contributed by atoms with van der Waals surface area (Å²) < 4.78 is 4.89. The first kappa shape index (κ1) is 12.8. The third-order valence-electron chi connectivity index (χ3n) is 5.83. The Morgan fingerprint density at radius 1 is 0.346 bits per heavy atom. The molecule has 4 aromatic carbocycles. The molecular weight excluding hydrogens is 316 g/mol. The van der Waals surface area contributed by atoms with Crippen molar-refractivity contribution in [3.63, 3.8) is 0 Å². The van der Waals surface area contributed by atoms with Crippen LogP contribution in [0.25, 0.3) is 54.6 Å². The number of hydrogen-bond acceptors (Lipinski definition) is 0. The lowest BCUT2D eigenvalue weighted by molar-refractivity contribution is 1.25. The standard InChI is InChI=1S/C24H14N2/c1-3-9-19-15(7-1)17-13-14-18-16-8-2-4-10-20(16)26-22-12-6-5-11-21(22)25(19)23(17)24(18)26/h1-14H. The van der Waals surface area contributed by atoms with Crippen molar-refractivity contribution >= 4 is 54.6 Å². The molecule has 0 saturated heterocycles. The first-order chi connectivity index (χ1) is 12.9. The topological polar surface area (TPSA) is 8.82 Å². The molecule has 26 heavy (non-hydrogen) atoms.